The van der Waals surface area contributed by atoms with Gasteiger partial charge < -0.3 is 4.74 Å². The van der Waals surface area contributed by atoms with Crippen LogP contribution in [-0.2, 0) is 6.18 Å². The predicted octanol–water partition coefficient (Wildman–Crippen LogP) is 4.08. The van der Waals surface area contributed by atoms with E-state index in [0.29, 0.717) is 5.75 Å². The number of alkyl halides is 3. The average molecular weight is 305 g/mol. The van der Waals surface area contributed by atoms with E-state index in [1.165, 1.54) is 23.1 Å². The van der Waals surface area contributed by atoms with Crippen LogP contribution in [0.15, 0.2) is 60.9 Å². The third-order valence-corrected chi connectivity index (χ3v) is 2.86. The predicted molar refractivity (Wildman–Crippen MR) is 72.9 cm³/mol. The summed E-state index contributed by atoms with van der Waals surface area (Å²) >= 11 is 0. The summed E-state index contributed by atoms with van der Waals surface area (Å²) in [7, 11) is 0. The summed E-state index contributed by atoms with van der Waals surface area (Å²) in [4.78, 5) is 3.93. The monoisotopic (exact) mass is 305 g/mol. The van der Waals surface area contributed by atoms with Crippen LogP contribution in [0, 0.1) is 0 Å². The zero-order valence-corrected chi connectivity index (χ0v) is 11.2. The molecule has 22 heavy (non-hydrogen) atoms. The molecule has 4 nitrogen and oxygen atoms in total. The Bertz CT molecular complexity index is 769. The SMILES string of the molecule is FC(F)(F)c1cccc(-n2cnc(Oc3ccccc3)n2)c1. The number of hydrogen-bond acceptors (Lipinski definition) is 3. The van der Waals surface area contributed by atoms with E-state index in [2.05, 4.69) is 10.1 Å². The highest BCUT2D eigenvalue weighted by atomic mass is 19.4. The number of rotatable bonds is 3. The minimum absolute atomic E-state index is 0.0589. The van der Waals surface area contributed by atoms with E-state index in [1.807, 2.05) is 6.07 Å². The fraction of sp³-hybridized carbons (Fsp3) is 0.0667. The van der Waals surface area contributed by atoms with Gasteiger partial charge in [-0.05, 0) is 30.3 Å². The van der Waals surface area contributed by atoms with Crippen molar-refractivity contribution in [2.45, 2.75) is 6.18 Å². The van der Waals surface area contributed by atoms with Crippen LogP contribution in [0.4, 0.5) is 13.2 Å². The van der Waals surface area contributed by atoms with Crippen molar-refractivity contribution in [1.29, 1.82) is 0 Å². The second-order valence-electron chi connectivity index (χ2n) is 4.43. The highest BCUT2D eigenvalue weighted by molar-refractivity contribution is 5.36. The Morgan fingerprint density at radius 2 is 1.73 bits per heavy atom. The Morgan fingerprint density at radius 3 is 2.45 bits per heavy atom. The molecule has 0 atom stereocenters. The molecular weight excluding hydrogens is 295 g/mol. The van der Waals surface area contributed by atoms with Crippen molar-refractivity contribution in [3.8, 4) is 17.4 Å². The highest BCUT2D eigenvalue weighted by Crippen LogP contribution is 2.30. The van der Waals surface area contributed by atoms with Gasteiger partial charge in [-0.2, -0.15) is 18.2 Å². The molecule has 0 N–H and O–H groups in total. The van der Waals surface area contributed by atoms with Crippen molar-refractivity contribution in [1.82, 2.24) is 14.8 Å². The van der Waals surface area contributed by atoms with Crippen LogP contribution in [0.5, 0.6) is 11.8 Å². The van der Waals surface area contributed by atoms with Gasteiger partial charge in [-0.1, -0.05) is 24.3 Å². The fourth-order valence-corrected chi connectivity index (χ4v) is 1.84. The van der Waals surface area contributed by atoms with E-state index in [0.717, 1.165) is 12.1 Å². The van der Waals surface area contributed by atoms with Gasteiger partial charge in [0.2, 0.25) is 0 Å². The Morgan fingerprint density at radius 1 is 0.955 bits per heavy atom. The maximum Gasteiger partial charge on any atom is 0.416 e. The Kier molecular flexibility index (Phi) is 3.54. The van der Waals surface area contributed by atoms with Crippen LogP contribution < -0.4 is 4.74 Å². The molecule has 0 aliphatic rings. The van der Waals surface area contributed by atoms with Crippen molar-refractivity contribution < 1.29 is 17.9 Å². The number of nitrogens with zero attached hydrogens (tertiary/aromatic N) is 3. The second kappa shape index (κ2) is 5.51. The van der Waals surface area contributed by atoms with Gasteiger partial charge >= 0.3 is 12.2 Å². The minimum Gasteiger partial charge on any atom is -0.423 e. The van der Waals surface area contributed by atoms with Gasteiger partial charge in [0.15, 0.2) is 0 Å². The summed E-state index contributed by atoms with van der Waals surface area (Å²) in [5, 5.41) is 4.01. The van der Waals surface area contributed by atoms with Crippen LogP contribution in [0.25, 0.3) is 5.69 Å². The Balaban J connectivity index is 1.85. The number of benzene rings is 2. The van der Waals surface area contributed by atoms with Gasteiger partial charge in [0.1, 0.15) is 12.1 Å². The fourth-order valence-electron chi connectivity index (χ4n) is 1.84. The molecule has 0 fully saturated rings. The van der Waals surface area contributed by atoms with Crippen LogP contribution in [0.2, 0.25) is 0 Å². The molecule has 0 spiro atoms. The highest BCUT2D eigenvalue weighted by Gasteiger charge is 2.30. The van der Waals surface area contributed by atoms with Crippen molar-refractivity contribution in [2.75, 3.05) is 0 Å². The molecular formula is C15H10F3N3O. The Labute approximate surface area is 123 Å². The summed E-state index contributed by atoms with van der Waals surface area (Å²) in [6.45, 7) is 0. The Hall–Kier alpha value is -2.83. The first-order valence-corrected chi connectivity index (χ1v) is 6.34. The second-order valence-corrected chi connectivity index (χ2v) is 4.43. The van der Waals surface area contributed by atoms with Crippen LogP contribution in [0.3, 0.4) is 0 Å². The molecule has 0 amide bonds. The molecule has 0 aliphatic heterocycles. The lowest BCUT2D eigenvalue weighted by atomic mass is 10.2. The summed E-state index contributed by atoms with van der Waals surface area (Å²) in [6.07, 6.45) is -3.10. The number of aromatic nitrogens is 3. The lowest BCUT2D eigenvalue weighted by Gasteiger charge is -2.08. The summed E-state index contributed by atoms with van der Waals surface area (Å²) in [6, 6.07) is 13.8. The van der Waals surface area contributed by atoms with Crippen LogP contribution in [-0.4, -0.2) is 14.8 Å². The third kappa shape index (κ3) is 3.08. The maximum absolute atomic E-state index is 12.7. The zero-order valence-electron chi connectivity index (χ0n) is 11.2. The van der Waals surface area contributed by atoms with Gasteiger partial charge in [-0.3, -0.25) is 0 Å². The summed E-state index contributed by atoms with van der Waals surface area (Å²) in [5.74, 6) is 0.546. The topological polar surface area (TPSA) is 39.9 Å². The lowest BCUT2D eigenvalue weighted by molar-refractivity contribution is -0.137. The van der Waals surface area contributed by atoms with Gasteiger partial charge in [0, 0.05) is 0 Å². The van der Waals surface area contributed by atoms with E-state index in [9.17, 15) is 13.2 Å². The van der Waals surface area contributed by atoms with Crippen LogP contribution in [0.1, 0.15) is 5.56 Å². The average Bonchev–Trinajstić information content (AvgIpc) is 2.96. The molecule has 0 unspecified atom stereocenters. The van der Waals surface area contributed by atoms with Gasteiger partial charge in [-0.15, -0.1) is 5.10 Å². The number of ether oxygens (including phenoxy) is 1. The standard InChI is InChI=1S/C15H10F3N3O/c16-15(17,18)11-5-4-6-12(9-11)21-10-19-14(20-21)22-13-7-2-1-3-8-13/h1-10H. The van der Waals surface area contributed by atoms with Gasteiger partial charge in [0.25, 0.3) is 0 Å². The molecule has 2 aromatic carbocycles. The molecule has 1 aromatic heterocycles. The van der Waals surface area contributed by atoms with E-state index < -0.39 is 11.7 Å². The van der Waals surface area contributed by atoms with Crippen molar-refractivity contribution >= 4 is 0 Å². The van der Waals surface area contributed by atoms with E-state index >= 15 is 0 Å². The zero-order chi connectivity index (χ0) is 15.6. The molecule has 7 heteroatoms. The molecule has 0 aliphatic carbocycles. The first kappa shape index (κ1) is 14.1. The molecule has 3 aromatic rings. The number of halogens is 3. The smallest absolute Gasteiger partial charge is 0.416 e. The molecule has 3 rings (SSSR count). The minimum atomic E-state index is -4.40. The van der Waals surface area contributed by atoms with Crippen LogP contribution >= 0.6 is 0 Å². The van der Waals surface area contributed by atoms with E-state index in [1.54, 1.807) is 24.3 Å². The quantitative estimate of drug-likeness (QED) is 0.732. The summed E-state index contributed by atoms with van der Waals surface area (Å²) < 4.78 is 44.8. The number of hydrogen-bond donors (Lipinski definition) is 0. The van der Waals surface area contributed by atoms with Crippen molar-refractivity contribution in [3.63, 3.8) is 0 Å². The third-order valence-electron chi connectivity index (χ3n) is 2.86. The number of para-hydroxylation sites is 1. The molecule has 0 radical (unpaired) electrons. The first-order valence-electron chi connectivity index (χ1n) is 6.34. The van der Waals surface area contributed by atoms with Gasteiger partial charge in [-0.25, -0.2) is 4.68 Å². The first-order chi connectivity index (χ1) is 10.5. The lowest BCUT2D eigenvalue weighted by Crippen LogP contribution is -2.06. The molecule has 1 heterocycles. The molecule has 0 saturated heterocycles. The van der Waals surface area contributed by atoms with Crippen molar-refractivity contribution in [3.05, 3.63) is 66.5 Å². The van der Waals surface area contributed by atoms with Gasteiger partial charge in [0.05, 0.1) is 11.3 Å². The normalized spacial score (nSPS) is 11.4. The van der Waals surface area contributed by atoms with E-state index in [-0.39, 0.29) is 11.7 Å². The molecule has 112 valence electrons. The van der Waals surface area contributed by atoms with Crippen molar-refractivity contribution in [2.24, 2.45) is 0 Å². The molecule has 0 saturated carbocycles. The largest absolute Gasteiger partial charge is 0.423 e. The summed E-state index contributed by atoms with van der Waals surface area (Å²) in [5.41, 5.74) is -0.490. The maximum atomic E-state index is 12.7. The van der Waals surface area contributed by atoms with E-state index in [4.69, 9.17) is 4.74 Å². The molecule has 0 bridgehead atoms.